The van der Waals surface area contributed by atoms with Crippen molar-refractivity contribution in [2.75, 3.05) is 32.8 Å². The van der Waals surface area contributed by atoms with E-state index in [9.17, 15) is 0 Å². The van der Waals surface area contributed by atoms with Gasteiger partial charge in [0.25, 0.3) is 10.5 Å². The zero-order valence-corrected chi connectivity index (χ0v) is 13.4. The highest BCUT2D eigenvalue weighted by molar-refractivity contribution is 8.03. The Morgan fingerprint density at radius 2 is 1.91 bits per heavy atom. The number of ether oxygens (including phenoxy) is 1. The van der Waals surface area contributed by atoms with E-state index in [1.807, 2.05) is 18.2 Å². The van der Waals surface area contributed by atoms with E-state index in [0.29, 0.717) is 6.54 Å². The van der Waals surface area contributed by atoms with E-state index < -0.39 is 0 Å². The molecule has 0 saturated carbocycles. The van der Waals surface area contributed by atoms with Crippen molar-refractivity contribution in [2.45, 2.75) is 11.4 Å². The zero-order chi connectivity index (χ0) is 15.2. The number of nitrogens with zero attached hydrogens (tertiary/aromatic N) is 1. The van der Waals surface area contributed by atoms with Crippen LogP contribution in [0.5, 0.6) is 0 Å². The van der Waals surface area contributed by atoms with Gasteiger partial charge in [-0.05, 0) is 11.6 Å². The van der Waals surface area contributed by atoms with Gasteiger partial charge in [-0.25, -0.2) is 0 Å². The van der Waals surface area contributed by atoms with Gasteiger partial charge in [-0.3, -0.25) is 4.90 Å². The van der Waals surface area contributed by atoms with Crippen molar-refractivity contribution in [1.82, 2.24) is 4.90 Å². The molecule has 0 amide bonds. The molecule has 0 atom stereocenters. The summed E-state index contributed by atoms with van der Waals surface area (Å²) in [5.74, 6) is 0. The summed E-state index contributed by atoms with van der Waals surface area (Å²) in [5.41, 5.74) is 8.20. The van der Waals surface area contributed by atoms with Crippen molar-refractivity contribution in [3.8, 4) is 0 Å². The summed E-state index contributed by atoms with van der Waals surface area (Å²) in [7, 11) is 0. The minimum atomic E-state index is 0.554. The van der Waals surface area contributed by atoms with E-state index in [4.69, 9.17) is 10.5 Å². The quantitative estimate of drug-likeness (QED) is 0.848. The topological polar surface area (TPSA) is 38.5 Å². The van der Waals surface area contributed by atoms with Crippen LogP contribution in [0.2, 0.25) is 0 Å². The van der Waals surface area contributed by atoms with Gasteiger partial charge in [0, 0.05) is 36.3 Å². The van der Waals surface area contributed by atoms with Gasteiger partial charge >= 0.3 is 0 Å². The molecule has 2 aliphatic rings. The lowest BCUT2D eigenvalue weighted by molar-refractivity contribution is 0.0425. The molecule has 1 heterocycles. The average Bonchev–Trinajstić information content (AvgIpc) is 2.58. The van der Waals surface area contributed by atoms with Crippen molar-refractivity contribution in [3.05, 3.63) is 64.6 Å². The van der Waals surface area contributed by atoms with Gasteiger partial charge < -0.3 is 10.5 Å². The Kier molecular flexibility index (Phi) is 5.36. The Morgan fingerprint density at radius 1 is 1.14 bits per heavy atom. The fourth-order valence-corrected chi connectivity index (χ4v) is 3.51. The monoisotopic (exact) mass is 312 g/mol. The second-order valence-corrected chi connectivity index (χ2v) is 6.28. The molecule has 1 aromatic rings. The molecule has 3 nitrogen and oxygen atoms in total. The standard InChI is InChI=1S/C18H20N2OS/c19-13-15-5-1-3-7-17(15)22-18-8-4-2-6-16(18)14-20-9-11-21-12-10-20/h1-5,7H,9-14,19H2/q+2. The predicted octanol–water partition coefficient (Wildman–Crippen LogP) is 2.56. The maximum absolute atomic E-state index is 5.84. The maximum atomic E-state index is 5.84. The molecule has 22 heavy (non-hydrogen) atoms. The highest BCUT2D eigenvalue weighted by Crippen LogP contribution is 2.35. The minimum absolute atomic E-state index is 0.554. The highest BCUT2D eigenvalue weighted by atomic mass is 32.2. The van der Waals surface area contributed by atoms with Crippen LogP contribution in [0.15, 0.2) is 51.8 Å². The number of benzene rings is 1. The number of rotatable bonds is 5. The predicted molar refractivity (Wildman–Crippen MR) is 90.1 cm³/mol. The van der Waals surface area contributed by atoms with Crippen LogP contribution in [0.25, 0.3) is 0 Å². The van der Waals surface area contributed by atoms with Crippen LogP contribution in [-0.4, -0.2) is 37.7 Å². The first-order valence-electron chi connectivity index (χ1n) is 7.54. The van der Waals surface area contributed by atoms with Crippen molar-refractivity contribution in [3.63, 3.8) is 0 Å². The van der Waals surface area contributed by atoms with Crippen molar-refractivity contribution >= 4 is 11.8 Å². The summed E-state index contributed by atoms with van der Waals surface area (Å²) in [4.78, 5) is 4.74. The van der Waals surface area contributed by atoms with E-state index in [1.54, 1.807) is 11.8 Å². The smallest absolute Gasteiger partial charge is 0.294 e. The van der Waals surface area contributed by atoms with Gasteiger partial charge in [0.2, 0.25) is 12.2 Å². The lowest BCUT2D eigenvalue weighted by Gasteiger charge is -2.24. The molecule has 1 aliphatic carbocycles. The molecule has 1 fully saturated rings. The summed E-state index contributed by atoms with van der Waals surface area (Å²) in [6, 6.07) is 8.28. The molecule has 1 aliphatic heterocycles. The lowest BCUT2D eigenvalue weighted by Crippen LogP contribution is -2.37. The van der Waals surface area contributed by atoms with E-state index in [-0.39, 0.29) is 0 Å². The molecule has 0 aromatic heterocycles. The minimum Gasteiger partial charge on any atom is -0.379 e. The largest absolute Gasteiger partial charge is 0.379 e. The summed E-state index contributed by atoms with van der Waals surface area (Å²) in [5, 5.41) is 0. The SMILES string of the molecule is NCc1ccccc1SC1=[C+]C=C[C+]=C1CN1CCOCC1. The number of thioether (sulfide) groups is 1. The van der Waals surface area contributed by atoms with Crippen LogP contribution < -0.4 is 5.73 Å². The number of hydrogen-bond acceptors (Lipinski definition) is 4. The Bertz CT molecular complexity index is 601. The Labute approximate surface area is 136 Å². The van der Waals surface area contributed by atoms with Gasteiger partial charge in [0.1, 0.15) is 6.54 Å². The molecular formula is C18H20N2OS+2. The first-order valence-corrected chi connectivity index (χ1v) is 8.35. The van der Waals surface area contributed by atoms with Gasteiger partial charge in [-0.2, -0.15) is 0 Å². The molecule has 0 bridgehead atoms. The Balaban J connectivity index is 1.72. The zero-order valence-electron chi connectivity index (χ0n) is 12.5. The second kappa shape index (κ2) is 7.66. The third-order valence-corrected chi connectivity index (χ3v) is 4.91. The molecule has 2 N–H and O–H groups in total. The van der Waals surface area contributed by atoms with Crippen molar-refractivity contribution in [1.29, 1.82) is 0 Å². The molecule has 1 aromatic carbocycles. The first-order chi connectivity index (χ1) is 10.9. The van der Waals surface area contributed by atoms with Gasteiger partial charge in [0.15, 0.2) is 12.2 Å². The second-order valence-electron chi connectivity index (χ2n) is 5.23. The van der Waals surface area contributed by atoms with Crippen LogP contribution >= 0.6 is 11.8 Å². The molecular weight excluding hydrogens is 292 g/mol. The molecule has 1 saturated heterocycles. The lowest BCUT2D eigenvalue weighted by atomic mass is 10.1. The third kappa shape index (κ3) is 3.82. The number of hydrogen-bond donors (Lipinski definition) is 1. The molecule has 3 rings (SSSR count). The van der Waals surface area contributed by atoms with Gasteiger partial charge in [-0.15, -0.1) is 0 Å². The van der Waals surface area contributed by atoms with Crippen LogP contribution in [0.4, 0.5) is 0 Å². The Morgan fingerprint density at radius 3 is 2.73 bits per heavy atom. The highest BCUT2D eigenvalue weighted by Gasteiger charge is 2.31. The van der Waals surface area contributed by atoms with Gasteiger partial charge in [0.05, 0.1) is 13.2 Å². The fraction of sp³-hybridized carbons (Fsp3) is 0.333. The summed E-state index contributed by atoms with van der Waals surface area (Å²) in [6.45, 7) is 5.04. The molecule has 0 unspecified atom stereocenters. The Hall–Kier alpha value is -1.51. The maximum Gasteiger partial charge on any atom is 0.294 e. The van der Waals surface area contributed by atoms with E-state index >= 15 is 0 Å². The molecule has 4 heteroatoms. The van der Waals surface area contributed by atoms with Crippen molar-refractivity contribution < 1.29 is 4.74 Å². The van der Waals surface area contributed by atoms with Crippen LogP contribution in [0.3, 0.4) is 0 Å². The molecule has 112 valence electrons. The van der Waals surface area contributed by atoms with E-state index in [2.05, 4.69) is 35.3 Å². The summed E-state index contributed by atoms with van der Waals surface area (Å²) >= 11 is 1.73. The first kappa shape index (κ1) is 15.4. The van der Waals surface area contributed by atoms with Gasteiger partial charge in [-0.1, -0.05) is 18.2 Å². The third-order valence-electron chi connectivity index (χ3n) is 3.72. The van der Waals surface area contributed by atoms with E-state index in [0.717, 1.165) is 37.8 Å². The van der Waals surface area contributed by atoms with E-state index in [1.165, 1.54) is 16.0 Å². The number of morpholine rings is 1. The van der Waals surface area contributed by atoms with Crippen LogP contribution in [0, 0.1) is 12.2 Å². The van der Waals surface area contributed by atoms with Crippen LogP contribution in [-0.2, 0) is 11.3 Å². The fourth-order valence-electron chi connectivity index (χ4n) is 2.49. The summed E-state index contributed by atoms with van der Waals surface area (Å²) in [6.07, 6.45) is 10.6. The number of allylic oxidation sites excluding steroid dienone is 4. The molecule has 0 spiro atoms. The number of nitrogens with two attached hydrogens (primary N) is 1. The molecule has 0 radical (unpaired) electrons. The average molecular weight is 312 g/mol. The van der Waals surface area contributed by atoms with Crippen molar-refractivity contribution in [2.24, 2.45) is 5.73 Å². The van der Waals surface area contributed by atoms with Crippen LogP contribution in [0.1, 0.15) is 5.56 Å². The summed E-state index contributed by atoms with van der Waals surface area (Å²) < 4.78 is 5.41. The normalized spacial score (nSPS) is 18.2.